The average molecular weight is 360 g/mol. The highest BCUT2D eigenvalue weighted by Gasteiger charge is 2.24. The number of nitrogens with zero attached hydrogens (tertiary/aromatic N) is 2. The minimum atomic E-state index is -1.11. The van der Waals surface area contributed by atoms with E-state index >= 15 is 0 Å². The smallest absolute Gasteiger partial charge is 0.169 e. The fraction of sp³-hybridized carbons (Fsp3) is 0. The van der Waals surface area contributed by atoms with E-state index in [9.17, 15) is 17.6 Å². The predicted molar refractivity (Wildman–Crippen MR) is 88.1 cm³/mol. The summed E-state index contributed by atoms with van der Waals surface area (Å²) in [4.78, 5) is 0. The average Bonchev–Trinajstić information content (AvgIpc) is 3.07. The lowest BCUT2D eigenvalue weighted by molar-refractivity contribution is 0.515. The molecule has 1 aromatic heterocycles. The molecule has 1 heterocycles. The fourth-order valence-corrected chi connectivity index (χ4v) is 3.26. The predicted octanol–water partition coefficient (Wildman–Crippen LogP) is 5.58. The Kier molecular flexibility index (Phi) is 3.73. The molecule has 0 saturated heterocycles. The zero-order chi connectivity index (χ0) is 17.6. The summed E-state index contributed by atoms with van der Waals surface area (Å²) in [5, 5.41) is 0. The first-order valence-corrected chi connectivity index (χ1v) is 7.94. The Hall–Kier alpha value is -2.80. The number of halogens is 4. The summed E-state index contributed by atoms with van der Waals surface area (Å²) in [6, 6.07) is 10.0. The van der Waals surface area contributed by atoms with Gasteiger partial charge in [0.1, 0.15) is 22.7 Å². The van der Waals surface area contributed by atoms with Gasteiger partial charge in [-0.05, 0) is 35.4 Å². The van der Waals surface area contributed by atoms with Gasteiger partial charge in [-0.25, -0.2) is 17.6 Å². The molecule has 2 nitrogen and oxygen atoms in total. The van der Waals surface area contributed by atoms with Crippen LogP contribution in [-0.2, 0) is 0 Å². The van der Waals surface area contributed by atoms with Crippen LogP contribution >= 0.6 is 11.7 Å². The van der Waals surface area contributed by atoms with Crippen LogP contribution in [0.25, 0.3) is 33.3 Å². The molecule has 3 aromatic carbocycles. The van der Waals surface area contributed by atoms with Crippen molar-refractivity contribution in [2.75, 3.05) is 0 Å². The Bertz CT molecular complexity index is 988. The molecule has 25 heavy (non-hydrogen) atoms. The van der Waals surface area contributed by atoms with Crippen molar-refractivity contribution in [3.05, 3.63) is 71.8 Å². The summed E-state index contributed by atoms with van der Waals surface area (Å²) in [5.41, 5.74) is 0.784. The van der Waals surface area contributed by atoms with Crippen molar-refractivity contribution >= 4 is 22.8 Å². The minimum absolute atomic E-state index is 0.0767. The molecule has 0 bridgehead atoms. The second-order valence-corrected chi connectivity index (χ2v) is 5.88. The van der Waals surface area contributed by atoms with E-state index in [1.165, 1.54) is 24.3 Å². The summed E-state index contributed by atoms with van der Waals surface area (Å²) in [6.45, 7) is 0. The van der Waals surface area contributed by atoms with E-state index < -0.39 is 23.3 Å². The Morgan fingerprint density at radius 1 is 0.560 bits per heavy atom. The van der Waals surface area contributed by atoms with Crippen LogP contribution in [0.5, 0.6) is 0 Å². The van der Waals surface area contributed by atoms with Crippen LogP contribution in [0.15, 0.2) is 48.5 Å². The van der Waals surface area contributed by atoms with Crippen molar-refractivity contribution < 1.29 is 17.6 Å². The standard InChI is InChI=1S/C18H8F4N2S/c19-11-5-1-9(2-6-11)13-15(21)16(22)14(18-17(13)23-25-24-18)10-3-7-12(20)8-4-10/h1-8H. The van der Waals surface area contributed by atoms with E-state index in [0.717, 1.165) is 36.0 Å². The van der Waals surface area contributed by atoms with Gasteiger partial charge in [0.2, 0.25) is 0 Å². The van der Waals surface area contributed by atoms with Gasteiger partial charge in [0.05, 0.1) is 11.7 Å². The van der Waals surface area contributed by atoms with Crippen molar-refractivity contribution in [2.24, 2.45) is 0 Å². The third-order valence-electron chi connectivity index (χ3n) is 3.86. The molecule has 4 rings (SSSR count). The van der Waals surface area contributed by atoms with Gasteiger partial charge in [-0.2, -0.15) is 8.75 Å². The van der Waals surface area contributed by atoms with Crippen LogP contribution in [0.1, 0.15) is 0 Å². The molecule has 0 radical (unpaired) electrons. The highest BCUT2D eigenvalue weighted by molar-refractivity contribution is 7.00. The minimum Gasteiger partial charge on any atom is -0.207 e. The van der Waals surface area contributed by atoms with E-state index in [0.29, 0.717) is 11.1 Å². The van der Waals surface area contributed by atoms with E-state index in [2.05, 4.69) is 8.75 Å². The molecular weight excluding hydrogens is 352 g/mol. The maximum atomic E-state index is 14.8. The van der Waals surface area contributed by atoms with E-state index in [1.54, 1.807) is 0 Å². The number of rotatable bonds is 2. The molecule has 7 heteroatoms. The Labute approximate surface area is 143 Å². The molecule has 0 aliphatic carbocycles. The molecule has 0 amide bonds. The molecule has 0 aliphatic heterocycles. The quantitative estimate of drug-likeness (QED) is 0.436. The Balaban J connectivity index is 2.04. The largest absolute Gasteiger partial charge is 0.207 e. The molecule has 4 aromatic rings. The first kappa shape index (κ1) is 15.7. The lowest BCUT2D eigenvalue weighted by Gasteiger charge is -2.10. The van der Waals surface area contributed by atoms with Gasteiger partial charge in [0.25, 0.3) is 0 Å². The first-order chi connectivity index (χ1) is 12.1. The third kappa shape index (κ3) is 2.56. The second-order valence-electron chi connectivity index (χ2n) is 5.35. The molecule has 0 spiro atoms. The van der Waals surface area contributed by atoms with Gasteiger partial charge in [-0.3, -0.25) is 0 Å². The Morgan fingerprint density at radius 3 is 1.28 bits per heavy atom. The third-order valence-corrected chi connectivity index (χ3v) is 4.39. The molecule has 0 saturated carbocycles. The summed E-state index contributed by atoms with van der Waals surface area (Å²) in [7, 11) is 0. The summed E-state index contributed by atoms with van der Waals surface area (Å²) >= 11 is 0.813. The number of aromatic nitrogens is 2. The molecule has 124 valence electrons. The number of fused-ring (bicyclic) bond motifs is 1. The molecule has 0 fully saturated rings. The molecule has 0 unspecified atom stereocenters. The lowest BCUT2D eigenvalue weighted by Crippen LogP contribution is -1.97. The van der Waals surface area contributed by atoms with Crippen LogP contribution in [0.4, 0.5) is 17.6 Å². The fourth-order valence-electron chi connectivity index (χ4n) is 2.70. The topological polar surface area (TPSA) is 25.8 Å². The number of hydrogen-bond donors (Lipinski definition) is 0. The molecule has 0 atom stereocenters. The van der Waals surface area contributed by atoms with Crippen LogP contribution in [0.3, 0.4) is 0 Å². The Morgan fingerprint density at radius 2 is 0.920 bits per heavy atom. The van der Waals surface area contributed by atoms with Crippen molar-refractivity contribution in [1.82, 2.24) is 8.75 Å². The molecule has 0 aliphatic rings. The first-order valence-electron chi connectivity index (χ1n) is 7.21. The van der Waals surface area contributed by atoms with E-state index in [1.807, 2.05) is 0 Å². The number of benzene rings is 3. The van der Waals surface area contributed by atoms with Crippen LogP contribution in [0.2, 0.25) is 0 Å². The summed E-state index contributed by atoms with van der Waals surface area (Å²) in [5.74, 6) is -3.18. The van der Waals surface area contributed by atoms with Crippen LogP contribution in [-0.4, -0.2) is 8.75 Å². The van der Waals surface area contributed by atoms with Crippen LogP contribution < -0.4 is 0 Å². The van der Waals surface area contributed by atoms with Crippen molar-refractivity contribution in [2.45, 2.75) is 0 Å². The van der Waals surface area contributed by atoms with Gasteiger partial charge >= 0.3 is 0 Å². The van der Waals surface area contributed by atoms with Crippen LogP contribution in [0, 0.1) is 23.3 Å². The van der Waals surface area contributed by atoms with E-state index in [4.69, 9.17) is 0 Å². The maximum Gasteiger partial charge on any atom is 0.169 e. The van der Waals surface area contributed by atoms with E-state index in [-0.39, 0.29) is 22.2 Å². The lowest BCUT2D eigenvalue weighted by atomic mass is 9.96. The van der Waals surface area contributed by atoms with Gasteiger partial charge in [-0.1, -0.05) is 24.3 Å². The normalized spacial score (nSPS) is 11.2. The van der Waals surface area contributed by atoms with Crippen molar-refractivity contribution in [1.29, 1.82) is 0 Å². The van der Waals surface area contributed by atoms with Gasteiger partial charge < -0.3 is 0 Å². The second kappa shape index (κ2) is 5.93. The number of hydrogen-bond acceptors (Lipinski definition) is 3. The monoisotopic (exact) mass is 360 g/mol. The van der Waals surface area contributed by atoms with Gasteiger partial charge in [0.15, 0.2) is 11.6 Å². The molecule has 0 N–H and O–H groups in total. The zero-order valence-corrected chi connectivity index (χ0v) is 13.2. The highest BCUT2D eigenvalue weighted by Crippen LogP contribution is 2.39. The van der Waals surface area contributed by atoms with Crippen molar-refractivity contribution in [3.63, 3.8) is 0 Å². The highest BCUT2D eigenvalue weighted by atomic mass is 32.1. The summed E-state index contributed by atoms with van der Waals surface area (Å²) < 4.78 is 64.0. The maximum absolute atomic E-state index is 14.8. The SMILES string of the molecule is Fc1ccc(-c2c(F)c(F)c(-c3ccc(F)cc3)c3nsnc23)cc1. The van der Waals surface area contributed by atoms with Gasteiger partial charge in [-0.15, -0.1) is 0 Å². The van der Waals surface area contributed by atoms with Crippen molar-refractivity contribution in [3.8, 4) is 22.3 Å². The summed E-state index contributed by atoms with van der Waals surface area (Å²) in [6.07, 6.45) is 0. The zero-order valence-electron chi connectivity index (χ0n) is 12.4. The van der Waals surface area contributed by atoms with Gasteiger partial charge in [0, 0.05) is 11.1 Å². The molecular formula is C18H8F4N2S.